The van der Waals surface area contributed by atoms with Gasteiger partial charge in [0.05, 0.1) is 0 Å². The van der Waals surface area contributed by atoms with Crippen molar-refractivity contribution >= 4 is 11.7 Å². The second-order valence-corrected chi connectivity index (χ2v) is 3.68. The first-order valence-electron chi connectivity index (χ1n) is 5.05. The van der Waals surface area contributed by atoms with E-state index in [-0.39, 0.29) is 24.2 Å². The van der Waals surface area contributed by atoms with Crippen molar-refractivity contribution in [3.05, 3.63) is 35.6 Å². The molecule has 6 heteroatoms. The van der Waals surface area contributed by atoms with Crippen molar-refractivity contribution in [1.82, 2.24) is 5.32 Å². The third kappa shape index (κ3) is 4.10. The topological polar surface area (TPSA) is 87.7 Å². The van der Waals surface area contributed by atoms with Crippen LogP contribution < -0.4 is 11.1 Å². The van der Waals surface area contributed by atoms with Crippen molar-refractivity contribution in [3.63, 3.8) is 0 Å². The molecule has 1 rings (SSSR count). The molecular weight excluding hydrogens is 225 g/mol. The van der Waals surface area contributed by atoms with Crippen LogP contribution in [-0.2, 0) is 0 Å². The van der Waals surface area contributed by atoms with Crippen molar-refractivity contribution in [2.24, 2.45) is 10.9 Å². The Bertz CT molecular complexity index is 417. The number of amidine groups is 1. The second kappa shape index (κ2) is 5.83. The third-order valence-corrected chi connectivity index (χ3v) is 2.13. The number of nitrogens with zero attached hydrogens (tertiary/aromatic N) is 1. The lowest BCUT2D eigenvalue weighted by atomic mass is 10.1. The summed E-state index contributed by atoms with van der Waals surface area (Å²) < 4.78 is 12.6. The number of hydrogen-bond acceptors (Lipinski definition) is 3. The van der Waals surface area contributed by atoms with Gasteiger partial charge in [0.15, 0.2) is 0 Å². The van der Waals surface area contributed by atoms with Gasteiger partial charge >= 0.3 is 0 Å². The van der Waals surface area contributed by atoms with Crippen molar-refractivity contribution < 1.29 is 14.4 Å². The second-order valence-electron chi connectivity index (χ2n) is 3.68. The van der Waals surface area contributed by atoms with E-state index in [0.717, 1.165) is 0 Å². The molecule has 0 aromatic heterocycles. The Morgan fingerprint density at radius 1 is 1.53 bits per heavy atom. The minimum atomic E-state index is -0.397. The normalized spacial score (nSPS) is 13.2. The third-order valence-electron chi connectivity index (χ3n) is 2.13. The predicted octanol–water partition coefficient (Wildman–Crippen LogP) is 1.08. The highest BCUT2D eigenvalue weighted by atomic mass is 19.1. The van der Waals surface area contributed by atoms with E-state index in [4.69, 9.17) is 10.9 Å². The summed E-state index contributed by atoms with van der Waals surface area (Å²) in [5.41, 5.74) is 5.67. The van der Waals surface area contributed by atoms with E-state index in [9.17, 15) is 9.18 Å². The van der Waals surface area contributed by atoms with Crippen molar-refractivity contribution in [2.45, 2.75) is 19.4 Å². The van der Waals surface area contributed by atoms with E-state index in [2.05, 4.69) is 10.5 Å². The summed E-state index contributed by atoms with van der Waals surface area (Å²) in [4.78, 5) is 11.7. The number of nitrogens with two attached hydrogens (primary N) is 1. The van der Waals surface area contributed by atoms with E-state index in [1.165, 1.54) is 24.3 Å². The van der Waals surface area contributed by atoms with Crippen molar-refractivity contribution in [3.8, 4) is 0 Å². The Morgan fingerprint density at radius 3 is 2.65 bits per heavy atom. The fourth-order valence-corrected chi connectivity index (χ4v) is 1.31. The molecule has 0 spiro atoms. The molecule has 1 atom stereocenters. The molecular formula is C11H14FN3O2. The Labute approximate surface area is 98.1 Å². The zero-order chi connectivity index (χ0) is 12.8. The smallest absolute Gasteiger partial charge is 0.251 e. The van der Waals surface area contributed by atoms with Gasteiger partial charge in [-0.1, -0.05) is 5.16 Å². The van der Waals surface area contributed by atoms with E-state index < -0.39 is 5.82 Å². The summed E-state index contributed by atoms with van der Waals surface area (Å²) in [6.07, 6.45) is 0.240. The minimum absolute atomic E-state index is 0.0388. The molecule has 0 bridgehead atoms. The molecule has 0 saturated heterocycles. The molecule has 0 saturated carbocycles. The molecule has 1 unspecified atom stereocenters. The summed E-state index contributed by atoms with van der Waals surface area (Å²) in [5, 5.41) is 13.8. The molecule has 92 valence electrons. The van der Waals surface area contributed by atoms with Gasteiger partial charge in [-0.2, -0.15) is 0 Å². The Morgan fingerprint density at radius 2 is 2.12 bits per heavy atom. The number of halogens is 1. The van der Waals surface area contributed by atoms with E-state index >= 15 is 0 Å². The van der Waals surface area contributed by atoms with E-state index in [0.29, 0.717) is 5.56 Å². The molecule has 0 fully saturated rings. The number of carbonyl (C=O) groups is 1. The van der Waals surface area contributed by atoms with Crippen LogP contribution in [0.4, 0.5) is 4.39 Å². The van der Waals surface area contributed by atoms with Gasteiger partial charge in [-0.25, -0.2) is 4.39 Å². The maximum absolute atomic E-state index is 12.6. The first-order valence-corrected chi connectivity index (χ1v) is 5.05. The molecule has 1 aromatic carbocycles. The van der Waals surface area contributed by atoms with Gasteiger partial charge < -0.3 is 16.3 Å². The molecule has 17 heavy (non-hydrogen) atoms. The fraction of sp³-hybridized carbons (Fsp3) is 0.273. The van der Waals surface area contributed by atoms with Crippen LogP contribution in [0.2, 0.25) is 0 Å². The van der Waals surface area contributed by atoms with Gasteiger partial charge in [0.25, 0.3) is 5.91 Å². The van der Waals surface area contributed by atoms with Crippen molar-refractivity contribution in [1.29, 1.82) is 0 Å². The van der Waals surface area contributed by atoms with Crippen LogP contribution in [0.1, 0.15) is 23.7 Å². The van der Waals surface area contributed by atoms with Crippen LogP contribution in [0.3, 0.4) is 0 Å². The summed E-state index contributed by atoms with van der Waals surface area (Å²) in [6, 6.07) is 4.93. The number of nitrogens with one attached hydrogen (secondary N) is 1. The average Bonchev–Trinajstić information content (AvgIpc) is 2.29. The first kappa shape index (κ1) is 13.0. The molecule has 1 amide bonds. The largest absolute Gasteiger partial charge is 0.409 e. The minimum Gasteiger partial charge on any atom is -0.409 e. The quantitative estimate of drug-likeness (QED) is 0.318. The number of carbonyl (C=O) groups excluding carboxylic acids is 1. The highest BCUT2D eigenvalue weighted by molar-refractivity contribution is 5.94. The number of benzene rings is 1. The van der Waals surface area contributed by atoms with E-state index in [1.54, 1.807) is 6.92 Å². The number of rotatable bonds is 4. The maximum Gasteiger partial charge on any atom is 0.251 e. The van der Waals surface area contributed by atoms with Crippen LogP contribution >= 0.6 is 0 Å². The highest BCUT2D eigenvalue weighted by Crippen LogP contribution is 2.03. The van der Waals surface area contributed by atoms with Gasteiger partial charge in [0.1, 0.15) is 11.7 Å². The zero-order valence-corrected chi connectivity index (χ0v) is 9.35. The maximum atomic E-state index is 12.6. The molecule has 1 aromatic rings. The summed E-state index contributed by atoms with van der Waals surface area (Å²) in [6.45, 7) is 1.72. The molecule has 0 aliphatic carbocycles. The monoisotopic (exact) mass is 239 g/mol. The molecule has 4 N–H and O–H groups in total. The summed E-state index contributed by atoms with van der Waals surface area (Å²) in [7, 11) is 0. The summed E-state index contributed by atoms with van der Waals surface area (Å²) >= 11 is 0. The molecule has 0 heterocycles. The Hall–Kier alpha value is -2.11. The number of oxime groups is 1. The van der Waals surface area contributed by atoms with Gasteiger partial charge in [-0.3, -0.25) is 4.79 Å². The van der Waals surface area contributed by atoms with E-state index in [1.807, 2.05) is 0 Å². The van der Waals surface area contributed by atoms with Crippen LogP contribution in [0.15, 0.2) is 29.4 Å². The average molecular weight is 239 g/mol. The van der Waals surface area contributed by atoms with Crippen LogP contribution in [0.25, 0.3) is 0 Å². The Kier molecular flexibility index (Phi) is 4.45. The first-order chi connectivity index (χ1) is 8.02. The molecule has 0 aliphatic heterocycles. The highest BCUT2D eigenvalue weighted by Gasteiger charge is 2.11. The van der Waals surface area contributed by atoms with Gasteiger partial charge in [-0.05, 0) is 31.2 Å². The molecule has 0 aliphatic rings. The lowest BCUT2D eigenvalue weighted by Crippen LogP contribution is -2.35. The Balaban J connectivity index is 2.57. The van der Waals surface area contributed by atoms with Gasteiger partial charge in [-0.15, -0.1) is 0 Å². The lowest BCUT2D eigenvalue weighted by molar-refractivity contribution is 0.0941. The number of amides is 1. The van der Waals surface area contributed by atoms with Gasteiger partial charge in [0, 0.05) is 18.0 Å². The standard InChI is InChI=1S/C11H14FN3O2/c1-7(6-10(13)15-17)14-11(16)8-2-4-9(12)5-3-8/h2-5,7,17H,6H2,1H3,(H2,13,15)(H,14,16). The van der Waals surface area contributed by atoms with Gasteiger partial charge in [0.2, 0.25) is 0 Å². The summed E-state index contributed by atoms with van der Waals surface area (Å²) in [5.74, 6) is -0.689. The zero-order valence-electron chi connectivity index (χ0n) is 9.35. The molecule has 0 radical (unpaired) electrons. The lowest BCUT2D eigenvalue weighted by Gasteiger charge is -2.12. The van der Waals surface area contributed by atoms with Crippen molar-refractivity contribution in [2.75, 3.05) is 0 Å². The predicted molar refractivity (Wildman–Crippen MR) is 61.4 cm³/mol. The van der Waals surface area contributed by atoms with Crippen LogP contribution in [0, 0.1) is 5.82 Å². The molecule has 5 nitrogen and oxygen atoms in total. The SMILES string of the molecule is CC(CC(N)=NO)NC(=O)c1ccc(F)cc1. The number of hydrogen-bond donors (Lipinski definition) is 3. The van der Waals surface area contributed by atoms with Crippen LogP contribution in [-0.4, -0.2) is 23.0 Å². The van der Waals surface area contributed by atoms with Crippen LogP contribution in [0.5, 0.6) is 0 Å². The fourth-order valence-electron chi connectivity index (χ4n) is 1.31.